The van der Waals surface area contributed by atoms with Gasteiger partial charge in [-0.25, -0.2) is 0 Å². The van der Waals surface area contributed by atoms with E-state index in [1.807, 2.05) is 6.92 Å². The summed E-state index contributed by atoms with van der Waals surface area (Å²) < 4.78 is 40.3. The smallest absolute Gasteiger partial charge is 0.371 e. The Labute approximate surface area is 133 Å². The number of anilines is 2. The Bertz CT molecular complexity index is 602. The average molecular weight is 326 g/mol. The van der Waals surface area contributed by atoms with Crippen molar-refractivity contribution in [2.75, 3.05) is 23.3 Å². The van der Waals surface area contributed by atoms with Crippen molar-refractivity contribution >= 4 is 17.3 Å². The molecule has 2 aliphatic rings. The molecule has 1 aliphatic heterocycles. The quantitative estimate of drug-likeness (QED) is 0.891. The van der Waals surface area contributed by atoms with Crippen LogP contribution in [0.2, 0.25) is 0 Å². The minimum absolute atomic E-state index is 0.198. The highest BCUT2D eigenvalue weighted by Gasteiger charge is 2.45. The Balaban J connectivity index is 1.87. The Morgan fingerprint density at radius 1 is 1.17 bits per heavy atom. The number of nitrogens with one attached hydrogen (secondary N) is 1. The molecule has 0 spiro atoms. The molecule has 0 unspecified atom stereocenters. The first kappa shape index (κ1) is 16.1. The van der Waals surface area contributed by atoms with Gasteiger partial charge >= 0.3 is 6.18 Å². The average Bonchev–Trinajstić information content (AvgIpc) is 3.26. The van der Waals surface area contributed by atoms with Gasteiger partial charge in [0.1, 0.15) is 0 Å². The van der Waals surface area contributed by atoms with Gasteiger partial charge in [-0.2, -0.15) is 13.2 Å². The van der Waals surface area contributed by atoms with Crippen LogP contribution in [0.15, 0.2) is 18.2 Å². The zero-order valence-corrected chi connectivity index (χ0v) is 13.2. The van der Waals surface area contributed by atoms with Crippen LogP contribution in [0.5, 0.6) is 0 Å². The molecule has 6 heteroatoms. The second-order valence-corrected chi connectivity index (χ2v) is 6.79. The van der Waals surface area contributed by atoms with Crippen LogP contribution in [-0.4, -0.2) is 19.0 Å². The number of rotatable bonds is 3. The Hall–Kier alpha value is -1.72. The molecule has 1 aromatic carbocycles. The minimum Gasteiger partial charge on any atom is -0.371 e. The number of hydrogen-bond donors (Lipinski definition) is 1. The number of halogens is 3. The second-order valence-electron chi connectivity index (χ2n) is 6.79. The number of amides is 1. The maximum absolute atomic E-state index is 13.4. The van der Waals surface area contributed by atoms with Gasteiger partial charge < -0.3 is 10.2 Å². The summed E-state index contributed by atoms with van der Waals surface area (Å²) in [6, 6.07) is 4.12. The van der Waals surface area contributed by atoms with Gasteiger partial charge in [-0.3, -0.25) is 4.79 Å². The molecule has 1 N–H and O–H groups in total. The molecular formula is C17H21F3N2O. The molecule has 1 heterocycles. The van der Waals surface area contributed by atoms with Crippen molar-refractivity contribution in [3.8, 4) is 0 Å². The number of benzene rings is 1. The fraction of sp³-hybridized carbons (Fsp3) is 0.588. The van der Waals surface area contributed by atoms with E-state index in [0.717, 1.165) is 38.2 Å². The Morgan fingerprint density at radius 2 is 1.83 bits per heavy atom. The first-order valence-corrected chi connectivity index (χ1v) is 8.07. The van der Waals surface area contributed by atoms with E-state index in [4.69, 9.17) is 0 Å². The minimum atomic E-state index is -4.43. The van der Waals surface area contributed by atoms with Crippen molar-refractivity contribution in [2.24, 2.45) is 5.41 Å². The third-order valence-corrected chi connectivity index (χ3v) is 4.80. The zero-order valence-electron chi connectivity index (χ0n) is 13.2. The summed E-state index contributed by atoms with van der Waals surface area (Å²) in [6.45, 7) is 3.12. The molecule has 1 saturated heterocycles. The maximum Gasteiger partial charge on any atom is 0.418 e. The van der Waals surface area contributed by atoms with Crippen LogP contribution in [0.1, 0.15) is 44.6 Å². The van der Waals surface area contributed by atoms with E-state index >= 15 is 0 Å². The van der Waals surface area contributed by atoms with Crippen molar-refractivity contribution in [1.29, 1.82) is 0 Å². The van der Waals surface area contributed by atoms with Gasteiger partial charge in [-0.15, -0.1) is 0 Å². The largest absolute Gasteiger partial charge is 0.418 e. The van der Waals surface area contributed by atoms with Gasteiger partial charge in [-0.05, 0) is 50.3 Å². The van der Waals surface area contributed by atoms with Crippen molar-refractivity contribution < 1.29 is 18.0 Å². The number of piperidine rings is 1. The molecule has 0 atom stereocenters. The molecule has 0 radical (unpaired) electrons. The number of alkyl halides is 3. The predicted molar refractivity (Wildman–Crippen MR) is 83.5 cm³/mol. The highest BCUT2D eigenvalue weighted by atomic mass is 19.4. The molecule has 3 rings (SSSR count). The first-order valence-electron chi connectivity index (χ1n) is 8.07. The highest BCUT2D eigenvalue weighted by molar-refractivity contribution is 5.97. The number of nitrogens with zero attached hydrogens (tertiary/aromatic N) is 1. The first-order chi connectivity index (χ1) is 10.8. The summed E-state index contributed by atoms with van der Waals surface area (Å²) in [5.74, 6) is -0.198. The monoisotopic (exact) mass is 326 g/mol. The zero-order chi connectivity index (χ0) is 16.7. The number of hydrogen-bond acceptors (Lipinski definition) is 2. The van der Waals surface area contributed by atoms with Gasteiger partial charge in [0.05, 0.1) is 5.56 Å². The van der Waals surface area contributed by atoms with E-state index in [1.165, 1.54) is 6.07 Å². The van der Waals surface area contributed by atoms with Crippen molar-refractivity contribution in [2.45, 2.75) is 45.2 Å². The summed E-state index contributed by atoms with van der Waals surface area (Å²) in [6.07, 6.45) is 0.0253. The van der Waals surface area contributed by atoms with E-state index in [-0.39, 0.29) is 17.3 Å². The lowest BCUT2D eigenvalue weighted by Gasteiger charge is -2.31. The molecule has 1 saturated carbocycles. The van der Waals surface area contributed by atoms with E-state index in [9.17, 15) is 18.0 Å². The highest BCUT2D eigenvalue weighted by Crippen LogP contribution is 2.46. The summed E-state index contributed by atoms with van der Waals surface area (Å²) >= 11 is 0. The molecule has 126 valence electrons. The summed E-state index contributed by atoms with van der Waals surface area (Å²) in [7, 11) is 0. The van der Waals surface area contributed by atoms with E-state index in [2.05, 4.69) is 5.32 Å². The van der Waals surface area contributed by atoms with Crippen molar-refractivity contribution in [3.05, 3.63) is 23.8 Å². The lowest BCUT2D eigenvalue weighted by atomic mass is 10.1. The van der Waals surface area contributed by atoms with Crippen LogP contribution < -0.4 is 10.2 Å². The fourth-order valence-electron chi connectivity index (χ4n) is 2.95. The van der Waals surface area contributed by atoms with E-state index in [0.29, 0.717) is 13.1 Å². The van der Waals surface area contributed by atoms with Gasteiger partial charge in [0.15, 0.2) is 0 Å². The molecule has 23 heavy (non-hydrogen) atoms. The third kappa shape index (κ3) is 3.46. The molecule has 1 amide bonds. The molecule has 0 aromatic heterocycles. The molecule has 3 nitrogen and oxygen atoms in total. The standard InChI is InChI=1S/C17H21F3N2O/c1-16(7-8-16)15(23)21-12-5-6-14(13(11-12)17(18,19)20)22-9-3-2-4-10-22/h5-6,11H,2-4,7-10H2,1H3,(H,21,23). The van der Waals surface area contributed by atoms with Crippen LogP contribution in [0.4, 0.5) is 24.5 Å². The topological polar surface area (TPSA) is 32.3 Å². The van der Waals surface area contributed by atoms with Gasteiger partial charge in [0, 0.05) is 29.9 Å². The number of carbonyl (C=O) groups is 1. The summed E-state index contributed by atoms with van der Waals surface area (Å²) in [5.41, 5.74) is -0.647. The van der Waals surface area contributed by atoms with Crippen LogP contribution in [0.3, 0.4) is 0 Å². The molecule has 0 bridgehead atoms. The lowest BCUT2D eigenvalue weighted by molar-refractivity contribution is -0.137. The van der Waals surface area contributed by atoms with Crippen LogP contribution in [0.25, 0.3) is 0 Å². The van der Waals surface area contributed by atoms with Crippen LogP contribution in [0, 0.1) is 5.41 Å². The Morgan fingerprint density at radius 3 is 2.39 bits per heavy atom. The van der Waals surface area contributed by atoms with Crippen LogP contribution >= 0.6 is 0 Å². The molecule has 1 aromatic rings. The van der Waals surface area contributed by atoms with Gasteiger partial charge in [-0.1, -0.05) is 6.92 Å². The SMILES string of the molecule is CC1(C(=O)Nc2ccc(N3CCCCC3)c(C(F)(F)F)c2)CC1. The number of carbonyl (C=O) groups excluding carboxylic acids is 1. The Kier molecular flexibility index (Phi) is 4.02. The predicted octanol–water partition coefficient (Wildman–Crippen LogP) is 4.43. The van der Waals surface area contributed by atoms with E-state index < -0.39 is 17.2 Å². The van der Waals surface area contributed by atoms with E-state index in [1.54, 1.807) is 11.0 Å². The normalized spacial score (nSPS) is 20.3. The summed E-state index contributed by atoms with van der Waals surface area (Å²) in [5, 5.41) is 2.63. The molecule has 2 fully saturated rings. The van der Waals surface area contributed by atoms with Crippen molar-refractivity contribution in [3.63, 3.8) is 0 Å². The molecule has 1 aliphatic carbocycles. The van der Waals surface area contributed by atoms with Crippen molar-refractivity contribution in [1.82, 2.24) is 0 Å². The second kappa shape index (κ2) is 5.73. The van der Waals surface area contributed by atoms with Gasteiger partial charge in [0.2, 0.25) is 5.91 Å². The fourth-order valence-corrected chi connectivity index (χ4v) is 2.95. The van der Waals surface area contributed by atoms with Crippen LogP contribution in [-0.2, 0) is 11.0 Å². The third-order valence-electron chi connectivity index (χ3n) is 4.80. The van der Waals surface area contributed by atoms with Gasteiger partial charge in [0.25, 0.3) is 0 Å². The molecular weight excluding hydrogens is 305 g/mol. The lowest BCUT2D eigenvalue weighted by Crippen LogP contribution is -2.31. The summed E-state index contributed by atoms with van der Waals surface area (Å²) in [4.78, 5) is 13.8. The maximum atomic E-state index is 13.4.